The second-order valence-electron chi connectivity index (χ2n) is 4.11. The fourth-order valence-electron chi connectivity index (χ4n) is 1.71. The Labute approximate surface area is 116 Å². The number of nitrogens with two attached hydrogens (primary N) is 2. The molecule has 0 saturated heterocycles. The summed E-state index contributed by atoms with van der Waals surface area (Å²) in [5.74, 6) is 0.827. The van der Waals surface area contributed by atoms with E-state index in [0.29, 0.717) is 17.1 Å². The van der Waals surface area contributed by atoms with Crippen molar-refractivity contribution in [3.8, 4) is 11.5 Å². The zero-order valence-electron chi connectivity index (χ0n) is 10.5. The molecule has 0 spiro atoms. The summed E-state index contributed by atoms with van der Waals surface area (Å²) in [6, 6.07) is 11.0. The number of benzene rings is 2. The molecule has 0 saturated carbocycles. The highest BCUT2D eigenvalue weighted by Crippen LogP contribution is 2.29. The topological polar surface area (TPSA) is 116 Å². The average Bonchev–Trinajstić information content (AvgIpc) is 2.38. The molecule has 106 valence electrons. The van der Waals surface area contributed by atoms with E-state index >= 15 is 0 Å². The zero-order valence-corrected chi connectivity index (χ0v) is 11.3. The number of para-hydroxylation sites is 1. The Hall–Kier alpha value is -2.09. The van der Waals surface area contributed by atoms with E-state index in [1.165, 1.54) is 18.2 Å². The van der Waals surface area contributed by atoms with Crippen molar-refractivity contribution in [1.82, 2.24) is 0 Å². The summed E-state index contributed by atoms with van der Waals surface area (Å²) in [7, 11) is -3.86. The van der Waals surface area contributed by atoms with E-state index in [1.807, 2.05) is 0 Å². The average molecular weight is 294 g/mol. The van der Waals surface area contributed by atoms with Crippen LogP contribution in [0.4, 0.5) is 5.69 Å². The molecule has 0 aliphatic rings. The van der Waals surface area contributed by atoms with Gasteiger partial charge in [-0.15, -0.1) is 0 Å². The highest BCUT2D eigenvalue weighted by atomic mass is 32.2. The maximum absolute atomic E-state index is 11.2. The smallest absolute Gasteiger partial charge is 0.240 e. The number of aliphatic hydroxyl groups is 1. The van der Waals surface area contributed by atoms with Crippen LogP contribution in [0.5, 0.6) is 11.5 Å². The van der Waals surface area contributed by atoms with Gasteiger partial charge in [0, 0.05) is 11.6 Å². The normalized spacial score (nSPS) is 11.3. The van der Waals surface area contributed by atoms with E-state index < -0.39 is 10.0 Å². The zero-order chi connectivity index (χ0) is 14.8. The summed E-state index contributed by atoms with van der Waals surface area (Å²) in [6.45, 7) is -0.166. The first-order valence-electron chi connectivity index (χ1n) is 5.71. The van der Waals surface area contributed by atoms with Crippen molar-refractivity contribution in [3.05, 3.63) is 48.0 Å². The van der Waals surface area contributed by atoms with Crippen LogP contribution in [-0.4, -0.2) is 13.5 Å². The summed E-state index contributed by atoms with van der Waals surface area (Å²) in [4.78, 5) is -0.153. The minimum absolute atomic E-state index is 0.00600. The maximum atomic E-state index is 11.2. The molecule has 0 aliphatic heterocycles. The van der Waals surface area contributed by atoms with Crippen LogP contribution in [0.1, 0.15) is 5.56 Å². The first-order chi connectivity index (χ1) is 9.41. The number of anilines is 1. The number of ether oxygens (including phenoxy) is 1. The molecule has 0 amide bonds. The molecule has 2 aromatic rings. The third-order valence-electron chi connectivity index (χ3n) is 2.66. The Morgan fingerprint density at radius 1 is 1.15 bits per heavy atom. The van der Waals surface area contributed by atoms with Gasteiger partial charge in [-0.3, -0.25) is 0 Å². The van der Waals surface area contributed by atoms with Crippen molar-refractivity contribution < 1.29 is 18.3 Å². The Morgan fingerprint density at radius 2 is 1.85 bits per heavy atom. The van der Waals surface area contributed by atoms with Crippen molar-refractivity contribution >= 4 is 15.7 Å². The molecule has 0 aromatic heterocycles. The fraction of sp³-hybridized carbons (Fsp3) is 0.0769. The standard InChI is InChI=1S/C13H14N2O4S/c14-11-7-10(5-6-13(11)20(15,17)18)19-12-4-2-1-3-9(12)8-16/h1-7,16H,8,14H2,(H2,15,17,18). The van der Waals surface area contributed by atoms with Crippen molar-refractivity contribution in [3.63, 3.8) is 0 Å². The molecule has 0 radical (unpaired) electrons. The van der Waals surface area contributed by atoms with E-state index in [-0.39, 0.29) is 17.2 Å². The van der Waals surface area contributed by atoms with Crippen LogP contribution < -0.4 is 15.6 Å². The molecule has 0 fully saturated rings. The Kier molecular flexibility index (Phi) is 3.93. The quantitative estimate of drug-likeness (QED) is 0.733. The number of aliphatic hydroxyl groups excluding tert-OH is 1. The van der Waals surface area contributed by atoms with Crippen LogP contribution >= 0.6 is 0 Å². The molecule has 20 heavy (non-hydrogen) atoms. The summed E-state index contributed by atoms with van der Waals surface area (Å²) in [5.41, 5.74) is 6.26. The monoisotopic (exact) mass is 294 g/mol. The highest BCUT2D eigenvalue weighted by molar-refractivity contribution is 7.89. The molecule has 0 aliphatic carbocycles. The predicted octanol–water partition coefficient (Wildman–Crippen LogP) is 1.20. The van der Waals surface area contributed by atoms with Crippen molar-refractivity contribution in [2.45, 2.75) is 11.5 Å². The number of hydrogen-bond donors (Lipinski definition) is 3. The summed E-state index contributed by atoms with van der Waals surface area (Å²) < 4.78 is 28.1. The van der Waals surface area contributed by atoms with Gasteiger partial charge in [-0.25, -0.2) is 13.6 Å². The number of primary sulfonamides is 1. The van der Waals surface area contributed by atoms with Crippen LogP contribution in [0.3, 0.4) is 0 Å². The van der Waals surface area contributed by atoms with Crippen LogP contribution in [0.15, 0.2) is 47.4 Å². The molecular weight excluding hydrogens is 280 g/mol. The highest BCUT2D eigenvalue weighted by Gasteiger charge is 2.13. The van der Waals surface area contributed by atoms with E-state index in [2.05, 4.69) is 0 Å². The van der Waals surface area contributed by atoms with E-state index in [0.717, 1.165) is 0 Å². The summed E-state index contributed by atoms with van der Waals surface area (Å²) in [5, 5.41) is 14.2. The maximum Gasteiger partial charge on any atom is 0.240 e. The van der Waals surface area contributed by atoms with Gasteiger partial charge < -0.3 is 15.6 Å². The molecular formula is C13H14N2O4S. The van der Waals surface area contributed by atoms with Gasteiger partial charge in [0.25, 0.3) is 0 Å². The lowest BCUT2D eigenvalue weighted by Crippen LogP contribution is -2.14. The number of nitrogen functional groups attached to an aromatic ring is 1. The number of hydrogen-bond acceptors (Lipinski definition) is 5. The van der Waals surface area contributed by atoms with Crippen LogP contribution in [0, 0.1) is 0 Å². The lowest BCUT2D eigenvalue weighted by Gasteiger charge is -2.11. The Balaban J connectivity index is 2.34. The second-order valence-corrected chi connectivity index (χ2v) is 5.64. The van der Waals surface area contributed by atoms with Gasteiger partial charge in [0.05, 0.1) is 12.3 Å². The van der Waals surface area contributed by atoms with Crippen LogP contribution in [-0.2, 0) is 16.6 Å². The van der Waals surface area contributed by atoms with Gasteiger partial charge in [-0.2, -0.15) is 0 Å². The van der Waals surface area contributed by atoms with Gasteiger partial charge in [0.2, 0.25) is 10.0 Å². The molecule has 2 rings (SSSR count). The van der Waals surface area contributed by atoms with Gasteiger partial charge in [0.1, 0.15) is 16.4 Å². The van der Waals surface area contributed by atoms with Crippen LogP contribution in [0.2, 0.25) is 0 Å². The van der Waals surface area contributed by atoms with Gasteiger partial charge in [-0.05, 0) is 18.2 Å². The molecule has 0 atom stereocenters. The minimum atomic E-state index is -3.86. The first-order valence-corrected chi connectivity index (χ1v) is 7.25. The molecule has 0 heterocycles. The van der Waals surface area contributed by atoms with Crippen LogP contribution in [0.25, 0.3) is 0 Å². The summed E-state index contributed by atoms with van der Waals surface area (Å²) >= 11 is 0. The molecule has 7 heteroatoms. The predicted molar refractivity (Wildman–Crippen MR) is 74.7 cm³/mol. The first kappa shape index (κ1) is 14.3. The molecule has 2 aromatic carbocycles. The Morgan fingerprint density at radius 3 is 2.45 bits per heavy atom. The Bertz CT molecular complexity index is 729. The summed E-state index contributed by atoms with van der Waals surface area (Å²) in [6.07, 6.45) is 0. The molecule has 6 nitrogen and oxygen atoms in total. The molecule has 5 N–H and O–H groups in total. The molecule has 0 unspecified atom stereocenters. The van der Waals surface area contributed by atoms with Crippen molar-refractivity contribution in [2.75, 3.05) is 5.73 Å². The largest absolute Gasteiger partial charge is 0.457 e. The van der Waals surface area contributed by atoms with E-state index in [9.17, 15) is 13.5 Å². The number of rotatable bonds is 4. The van der Waals surface area contributed by atoms with E-state index in [1.54, 1.807) is 24.3 Å². The van der Waals surface area contributed by atoms with Gasteiger partial charge >= 0.3 is 0 Å². The van der Waals surface area contributed by atoms with Crippen molar-refractivity contribution in [1.29, 1.82) is 0 Å². The van der Waals surface area contributed by atoms with Crippen molar-refractivity contribution in [2.24, 2.45) is 5.14 Å². The van der Waals surface area contributed by atoms with E-state index in [4.69, 9.17) is 15.6 Å². The third-order valence-corrected chi connectivity index (χ3v) is 3.64. The fourth-order valence-corrected chi connectivity index (χ4v) is 2.36. The lowest BCUT2D eigenvalue weighted by molar-refractivity contribution is 0.276. The van der Waals surface area contributed by atoms with Gasteiger partial charge in [-0.1, -0.05) is 18.2 Å². The minimum Gasteiger partial charge on any atom is -0.457 e. The van der Waals surface area contributed by atoms with Gasteiger partial charge in [0.15, 0.2) is 0 Å². The second kappa shape index (κ2) is 5.49. The molecule has 0 bridgehead atoms. The number of sulfonamides is 1. The lowest BCUT2D eigenvalue weighted by atomic mass is 10.2. The third kappa shape index (κ3) is 3.08. The SMILES string of the molecule is Nc1cc(Oc2ccccc2CO)ccc1S(N)(=O)=O.